The Morgan fingerprint density at radius 2 is 0.592 bits per heavy atom. The van der Waals surface area contributed by atoms with Crippen molar-refractivity contribution in [3.8, 4) is 85.4 Å². The SMILES string of the molecule is c1ccc(-c2nc(-c3ccccc3)nc(-c3ccc4c(c3)C3c5ccccc5C4c4cc(-c5nc(-c6ccccc6)nc(-c6ccc(-n7c(-c8ccccc8)nc8ccccc87)cc6)n5)ccc43)n2)cc1. The largest absolute Gasteiger partial charge is 0.292 e. The lowest BCUT2D eigenvalue weighted by Gasteiger charge is -2.42. The molecular weight excluding hydrogens is 869 g/mol. The minimum Gasteiger partial charge on any atom is -0.292 e. The van der Waals surface area contributed by atoms with Gasteiger partial charge in [0.1, 0.15) is 5.82 Å². The van der Waals surface area contributed by atoms with Crippen LogP contribution in [0.25, 0.3) is 96.4 Å². The first-order valence-corrected chi connectivity index (χ1v) is 23.9. The summed E-state index contributed by atoms with van der Waals surface area (Å²) in [4.78, 5) is 35.8. The van der Waals surface area contributed by atoms with Crippen LogP contribution in [0.5, 0.6) is 0 Å². The smallest absolute Gasteiger partial charge is 0.164 e. The van der Waals surface area contributed by atoms with Crippen molar-refractivity contribution in [2.45, 2.75) is 11.8 Å². The zero-order valence-corrected chi connectivity index (χ0v) is 38.2. The second-order valence-corrected chi connectivity index (χ2v) is 18.1. The highest BCUT2D eigenvalue weighted by Crippen LogP contribution is 2.56. The summed E-state index contributed by atoms with van der Waals surface area (Å²) < 4.78 is 2.22. The molecule has 0 spiro atoms. The van der Waals surface area contributed by atoms with Gasteiger partial charge in [0.25, 0.3) is 0 Å². The van der Waals surface area contributed by atoms with E-state index >= 15 is 0 Å². The second kappa shape index (κ2) is 16.6. The Balaban J connectivity index is 0.865. The molecule has 0 aliphatic heterocycles. The van der Waals surface area contributed by atoms with E-state index in [1.165, 1.54) is 33.4 Å². The highest BCUT2D eigenvalue weighted by molar-refractivity contribution is 5.84. The van der Waals surface area contributed by atoms with Gasteiger partial charge in [-0.25, -0.2) is 34.9 Å². The van der Waals surface area contributed by atoms with Gasteiger partial charge >= 0.3 is 0 Å². The molecular formula is C63H40N8. The molecule has 0 amide bonds. The predicted molar refractivity (Wildman–Crippen MR) is 281 cm³/mol. The van der Waals surface area contributed by atoms with Gasteiger partial charge < -0.3 is 0 Å². The van der Waals surface area contributed by atoms with Gasteiger partial charge in [0.2, 0.25) is 0 Å². The molecule has 0 fully saturated rings. The predicted octanol–water partition coefficient (Wildman–Crippen LogP) is 14.1. The lowest BCUT2D eigenvalue weighted by Crippen LogP contribution is -2.27. The quantitative estimate of drug-likeness (QED) is 0.150. The maximum absolute atomic E-state index is 5.25. The van der Waals surface area contributed by atoms with Crippen LogP contribution in [-0.4, -0.2) is 39.5 Å². The molecule has 0 saturated heterocycles. The van der Waals surface area contributed by atoms with Gasteiger partial charge in [0.15, 0.2) is 34.9 Å². The fourth-order valence-electron chi connectivity index (χ4n) is 10.6. The van der Waals surface area contributed by atoms with E-state index in [4.69, 9.17) is 34.9 Å². The maximum atomic E-state index is 5.25. The van der Waals surface area contributed by atoms with E-state index in [9.17, 15) is 0 Å². The van der Waals surface area contributed by atoms with E-state index in [1.807, 2.05) is 103 Å². The minimum absolute atomic E-state index is 0.01000. The Labute approximate surface area is 409 Å². The van der Waals surface area contributed by atoms with Crippen molar-refractivity contribution in [2.75, 3.05) is 0 Å². The van der Waals surface area contributed by atoms with Crippen LogP contribution in [0.2, 0.25) is 0 Å². The molecule has 332 valence electrons. The maximum Gasteiger partial charge on any atom is 0.164 e. The van der Waals surface area contributed by atoms with Crippen molar-refractivity contribution in [3.05, 3.63) is 264 Å². The van der Waals surface area contributed by atoms with Crippen LogP contribution in [0.15, 0.2) is 231 Å². The van der Waals surface area contributed by atoms with Crippen LogP contribution in [0.3, 0.4) is 0 Å². The van der Waals surface area contributed by atoms with Gasteiger partial charge in [-0.1, -0.05) is 182 Å². The number of hydrogen-bond acceptors (Lipinski definition) is 7. The van der Waals surface area contributed by atoms with Gasteiger partial charge in [-0.05, 0) is 81.9 Å². The first-order valence-electron chi connectivity index (χ1n) is 23.9. The molecule has 2 bridgehead atoms. The van der Waals surface area contributed by atoms with E-state index in [2.05, 4.69) is 132 Å². The standard InChI is InChI=1S/C63H40N8/c1-5-17-39(18-6-1)57-65-58(40-19-7-2-8-20-40)68-61(67-57)44-31-35-49-51(37-44)55-47-25-13-14-26-48(47)56(49)52-38-45(32-36-50(52)55)62-69-59(41-21-9-3-10-22-41)66-60(70-62)42-29-33-46(34-30-42)71-54-28-16-15-27-53(54)64-63(71)43-23-11-4-12-24-43/h1-38,55-56H. The van der Waals surface area contributed by atoms with Crippen LogP contribution in [0.1, 0.15) is 45.2 Å². The molecule has 12 aromatic rings. The minimum atomic E-state index is 0.01000. The highest BCUT2D eigenvalue weighted by Gasteiger charge is 2.41. The zero-order valence-electron chi connectivity index (χ0n) is 38.2. The van der Waals surface area contributed by atoms with Crippen molar-refractivity contribution in [1.29, 1.82) is 0 Å². The summed E-state index contributed by atoms with van der Waals surface area (Å²) in [5.41, 5.74) is 17.4. The number of nitrogens with zero attached hydrogens (tertiary/aromatic N) is 8. The van der Waals surface area contributed by atoms with Crippen LogP contribution < -0.4 is 0 Å². The molecule has 8 heteroatoms. The van der Waals surface area contributed by atoms with Gasteiger partial charge in [0.05, 0.1) is 11.0 Å². The van der Waals surface area contributed by atoms with Crippen LogP contribution in [0, 0.1) is 0 Å². The van der Waals surface area contributed by atoms with Crippen molar-refractivity contribution < 1.29 is 0 Å². The molecule has 3 heterocycles. The third kappa shape index (κ3) is 6.95. The Kier molecular flexibility index (Phi) is 9.48. The summed E-state index contributed by atoms with van der Waals surface area (Å²) in [6.45, 7) is 0. The lowest BCUT2D eigenvalue weighted by molar-refractivity contribution is 0.754. The number of aromatic nitrogens is 8. The fourth-order valence-corrected chi connectivity index (χ4v) is 10.6. The van der Waals surface area contributed by atoms with Crippen molar-refractivity contribution in [1.82, 2.24) is 39.5 Å². The summed E-state index contributed by atoms with van der Waals surface area (Å²) in [6, 6.07) is 80.0. The second-order valence-electron chi connectivity index (χ2n) is 18.1. The summed E-state index contributed by atoms with van der Waals surface area (Å²) in [7, 11) is 0. The lowest BCUT2D eigenvalue weighted by atomic mass is 9.61. The number of benzene rings is 9. The van der Waals surface area contributed by atoms with Gasteiger partial charge in [-0.2, -0.15) is 0 Å². The van der Waals surface area contributed by atoms with E-state index in [-0.39, 0.29) is 11.8 Å². The molecule has 15 rings (SSSR count). The van der Waals surface area contributed by atoms with Crippen molar-refractivity contribution >= 4 is 11.0 Å². The average Bonchev–Trinajstić information content (AvgIpc) is 3.85. The van der Waals surface area contributed by atoms with E-state index in [0.717, 1.165) is 61.5 Å². The number of fused-ring (bicyclic) bond motifs is 1. The molecule has 0 saturated carbocycles. The van der Waals surface area contributed by atoms with Crippen LogP contribution >= 0.6 is 0 Å². The molecule has 3 aliphatic rings. The molecule has 8 nitrogen and oxygen atoms in total. The number of rotatable bonds is 8. The molecule has 0 N–H and O–H groups in total. The molecule has 0 radical (unpaired) electrons. The summed E-state index contributed by atoms with van der Waals surface area (Å²) >= 11 is 0. The fraction of sp³-hybridized carbons (Fsp3) is 0.0317. The Morgan fingerprint density at radius 1 is 0.254 bits per heavy atom. The summed E-state index contributed by atoms with van der Waals surface area (Å²) in [6.07, 6.45) is 0. The van der Waals surface area contributed by atoms with Gasteiger partial charge in [-0.3, -0.25) is 4.57 Å². The first-order chi connectivity index (χ1) is 35.2. The van der Waals surface area contributed by atoms with E-state index in [0.29, 0.717) is 34.9 Å². The third-order valence-corrected chi connectivity index (χ3v) is 13.9. The topological polar surface area (TPSA) is 95.2 Å². The molecule has 71 heavy (non-hydrogen) atoms. The third-order valence-electron chi connectivity index (χ3n) is 13.9. The average molecular weight is 909 g/mol. The zero-order chi connectivity index (χ0) is 46.8. The Morgan fingerprint density at radius 3 is 1.04 bits per heavy atom. The van der Waals surface area contributed by atoms with E-state index < -0.39 is 0 Å². The van der Waals surface area contributed by atoms with Crippen molar-refractivity contribution in [2.24, 2.45) is 0 Å². The van der Waals surface area contributed by atoms with Gasteiger partial charge in [-0.15, -0.1) is 0 Å². The van der Waals surface area contributed by atoms with E-state index in [1.54, 1.807) is 0 Å². The molecule has 3 aromatic heterocycles. The van der Waals surface area contributed by atoms with Crippen molar-refractivity contribution in [3.63, 3.8) is 0 Å². The number of para-hydroxylation sites is 2. The van der Waals surface area contributed by atoms with Gasteiger partial charge in [0, 0.05) is 56.5 Å². The first kappa shape index (κ1) is 40.5. The van der Waals surface area contributed by atoms with Crippen LogP contribution in [-0.2, 0) is 0 Å². The Bertz CT molecular complexity index is 3930. The monoisotopic (exact) mass is 908 g/mol. The Hall–Kier alpha value is -9.53. The highest BCUT2D eigenvalue weighted by atomic mass is 15.1. The summed E-state index contributed by atoms with van der Waals surface area (Å²) in [5.74, 6) is 4.69. The van der Waals surface area contributed by atoms with Crippen LogP contribution in [0.4, 0.5) is 0 Å². The molecule has 9 aromatic carbocycles. The normalized spacial score (nSPS) is 14.2. The molecule has 2 unspecified atom stereocenters. The number of imidazole rings is 1. The summed E-state index contributed by atoms with van der Waals surface area (Å²) in [5, 5.41) is 0. The number of hydrogen-bond donors (Lipinski definition) is 0. The molecule has 3 aliphatic carbocycles. The molecule has 2 atom stereocenters.